The number of hydrogen-bond donors (Lipinski definition) is 1. The van der Waals surface area contributed by atoms with Gasteiger partial charge in [-0.2, -0.15) is 0 Å². The van der Waals surface area contributed by atoms with Gasteiger partial charge in [0.1, 0.15) is 0 Å². The van der Waals surface area contributed by atoms with Crippen molar-refractivity contribution in [3.8, 4) is 0 Å². The predicted molar refractivity (Wildman–Crippen MR) is 72.0 cm³/mol. The molecule has 0 spiro atoms. The highest BCUT2D eigenvalue weighted by molar-refractivity contribution is 7.10. The Labute approximate surface area is 103 Å². The first kappa shape index (κ1) is 12.1. The molecule has 1 heterocycles. The minimum atomic E-state index is 0.605. The van der Waals surface area contributed by atoms with Crippen LogP contribution in [0.25, 0.3) is 0 Å². The highest BCUT2D eigenvalue weighted by atomic mass is 32.1. The Balaban J connectivity index is 1.91. The molecular formula is C14H23NS. The first-order valence-corrected chi connectivity index (χ1v) is 7.57. The quantitative estimate of drug-likeness (QED) is 0.794. The minimum absolute atomic E-state index is 0.605. The van der Waals surface area contributed by atoms with Crippen molar-refractivity contribution in [1.29, 1.82) is 0 Å². The molecule has 1 aliphatic carbocycles. The lowest BCUT2D eigenvalue weighted by Crippen LogP contribution is -2.34. The lowest BCUT2D eigenvalue weighted by Gasteiger charge is -2.28. The molecule has 1 aromatic rings. The number of thiophene rings is 1. The van der Waals surface area contributed by atoms with Gasteiger partial charge < -0.3 is 5.32 Å². The maximum atomic E-state index is 3.87. The van der Waals surface area contributed by atoms with Gasteiger partial charge in [0.05, 0.1) is 0 Å². The topological polar surface area (TPSA) is 12.0 Å². The molecule has 1 saturated carbocycles. The van der Waals surface area contributed by atoms with Crippen molar-refractivity contribution < 1.29 is 0 Å². The number of nitrogens with one attached hydrogen (secondary N) is 1. The third-order valence-electron chi connectivity index (χ3n) is 3.51. The van der Waals surface area contributed by atoms with Crippen LogP contribution in [0.5, 0.6) is 0 Å². The van der Waals surface area contributed by atoms with Crippen LogP contribution in [-0.2, 0) is 0 Å². The summed E-state index contributed by atoms with van der Waals surface area (Å²) in [5.74, 6) is 0. The highest BCUT2D eigenvalue weighted by Crippen LogP contribution is 2.26. The minimum Gasteiger partial charge on any atom is -0.306 e. The molecular weight excluding hydrogens is 214 g/mol. The van der Waals surface area contributed by atoms with E-state index in [9.17, 15) is 0 Å². The third kappa shape index (κ3) is 3.33. The van der Waals surface area contributed by atoms with E-state index in [1.165, 1.54) is 49.8 Å². The van der Waals surface area contributed by atoms with Gasteiger partial charge >= 0.3 is 0 Å². The first-order chi connectivity index (χ1) is 7.90. The highest BCUT2D eigenvalue weighted by Gasteiger charge is 2.18. The van der Waals surface area contributed by atoms with Crippen molar-refractivity contribution in [2.24, 2.45) is 0 Å². The van der Waals surface area contributed by atoms with Gasteiger partial charge in [-0.05, 0) is 30.7 Å². The van der Waals surface area contributed by atoms with Crippen LogP contribution in [0, 0.1) is 0 Å². The van der Waals surface area contributed by atoms with E-state index in [0.717, 1.165) is 6.04 Å². The molecule has 1 fully saturated rings. The van der Waals surface area contributed by atoms with Crippen LogP contribution in [0.3, 0.4) is 0 Å². The molecule has 1 unspecified atom stereocenters. The fourth-order valence-corrected chi connectivity index (χ4v) is 3.46. The van der Waals surface area contributed by atoms with E-state index < -0.39 is 0 Å². The Morgan fingerprint density at radius 3 is 2.81 bits per heavy atom. The average molecular weight is 237 g/mol. The van der Waals surface area contributed by atoms with E-state index in [1.807, 2.05) is 11.3 Å². The number of rotatable bonds is 5. The normalized spacial score (nSPS) is 19.8. The van der Waals surface area contributed by atoms with Gasteiger partial charge in [-0.15, -0.1) is 11.3 Å². The van der Waals surface area contributed by atoms with Gasteiger partial charge in [0.25, 0.3) is 0 Å². The Morgan fingerprint density at radius 1 is 1.38 bits per heavy atom. The second kappa shape index (κ2) is 6.41. The van der Waals surface area contributed by atoms with E-state index >= 15 is 0 Å². The predicted octanol–water partition coefficient (Wildman–Crippen LogP) is 4.51. The van der Waals surface area contributed by atoms with E-state index in [1.54, 1.807) is 0 Å². The lowest BCUT2D eigenvalue weighted by molar-refractivity contribution is 0.331. The van der Waals surface area contributed by atoms with Crippen LogP contribution in [0.1, 0.15) is 62.8 Å². The van der Waals surface area contributed by atoms with Gasteiger partial charge in [0, 0.05) is 17.0 Å². The zero-order chi connectivity index (χ0) is 11.2. The van der Waals surface area contributed by atoms with Crippen molar-refractivity contribution in [3.05, 3.63) is 22.4 Å². The molecule has 2 heteroatoms. The molecule has 1 nitrogen and oxygen atoms in total. The summed E-state index contributed by atoms with van der Waals surface area (Å²) in [5, 5.41) is 6.06. The molecule has 0 saturated heterocycles. The SMILES string of the molecule is CCCC(NC1CCCCC1)c1cccs1. The summed E-state index contributed by atoms with van der Waals surface area (Å²) in [6.45, 7) is 2.28. The molecule has 1 atom stereocenters. The summed E-state index contributed by atoms with van der Waals surface area (Å²) in [5.41, 5.74) is 0. The first-order valence-electron chi connectivity index (χ1n) is 6.69. The van der Waals surface area contributed by atoms with Gasteiger partial charge in [-0.1, -0.05) is 38.7 Å². The molecule has 1 N–H and O–H groups in total. The largest absolute Gasteiger partial charge is 0.306 e. The fraction of sp³-hybridized carbons (Fsp3) is 0.714. The smallest absolute Gasteiger partial charge is 0.0416 e. The molecule has 1 aromatic heterocycles. The zero-order valence-corrected chi connectivity index (χ0v) is 11.1. The molecule has 16 heavy (non-hydrogen) atoms. The lowest BCUT2D eigenvalue weighted by atomic mass is 9.94. The Hall–Kier alpha value is -0.340. The van der Waals surface area contributed by atoms with Gasteiger partial charge in [-0.3, -0.25) is 0 Å². The Morgan fingerprint density at radius 2 is 2.19 bits per heavy atom. The van der Waals surface area contributed by atoms with Gasteiger partial charge in [0.15, 0.2) is 0 Å². The summed E-state index contributed by atoms with van der Waals surface area (Å²) in [6, 6.07) is 5.83. The van der Waals surface area contributed by atoms with Crippen LogP contribution in [-0.4, -0.2) is 6.04 Å². The Bertz CT molecular complexity index is 275. The van der Waals surface area contributed by atoms with Crippen molar-refractivity contribution in [3.63, 3.8) is 0 Å². The number of hydrogen-bond acceptors (Lipinski definition) is 2. The zero-order valence-electron chi connectivity index (χ0n) is 10.2. The molecule has 0 bridgehead atoms. The van der Waals surface area contributed by atoms with Crippen molar-refractivity contribution in [2.75, 3.05) is 0 Å². The van der Waals surface area contributed by atoms with Crippen LogP contribution < -0.4 is 5.32 Å². The maximum absolute atomic E-state index is 3.87. The van der Waals surface area contributed by atoms with Gasteiger partial charge in [-0.25, -0.2) is 0 Å². The second-order valence-corrected chi connectivity index (χ2v) is 5.84. The summed E-state index contributed by atoms with van der Waals surface area (Å²) in [6.07, 6.45) is 9.58. The monoisotopic (exact) mass is 237 g/mol. The molecule has 0 aliphatic heterocycles. The summed E-state index contributed by atoms with van der Waals surface area (Å²) in [4.78, 5) is 1.52. The van der Waals surface area contributed by atoms with Crippen LogP contribution in [0.2, 0.25) is 0 Å². The molecule has 0 amide bonds. The average Bonchev–Trinajstić information content (AvgIpc) is 2.83. The second-order valence-electron chi connectivity index (χ2n) is 4.86. The molecule has 90 valence electrons. The summed E-state index contributed by atoms with van der Waals surface area (Å²) >= 11 is 1.90. The van der Waals surface area contributed by atoms with E-state index in [2.05, 4.69) is 29.8 Å². The molecule has 1 aliphatic rings. The van der Waals surface area contributed by atoms with Crippen molar-refractivity contribution in [1.82, 2.24) is 5.32 Å². The van der Waals surface area contributed by atoms with Crippen LogP contribution in [0.4, 0.5) is 0 Å². The van der Waals surface area contributed by atoms with Crippen molar-refractivity contribution >= 4 is 11.3 Å². The summed E-state index contributed by atoms with van der Waals surface area (Å²) in [7, 11) is 0. The molecule has 0 aromatic carbocycles. The standard InChI is InChI=1S/C14H23NS/c1-2-7-13(14-10-6-11-16-14)15-12-8-4-3-5-9-12/h6,10-13,15H,2-5,7-9H2,1H3. The van der Waals surface area contributed by atoms with Crippen molar-refractivity contribution in [2.45, 2.75) is 64.0 Å². The maximum Gasteiger partial charge on any atom is 0.0416 e. The van der Waals surface area contributed by atoms with E-state index in [-0.39, 0.29) is 0 Å². The van der Waals surface area contributed by atoms with E-state index in [0.29, 0.717) is 6.04 Å². The molecule has 0 radical (unpaired) electrons. The Kier molecular flexibility index (Phi) is 4.86. The van der Waals surface area contributed by atoms with Crippen LogP contribution in [0.15, 0.2) is 17.5 Å². The van der Waals surface area contributed by atoms with E-state index in [4.69, 9.17) is 0 Å². The third-order valence-corrected chi connectivity index (χ3v) is 4.49. The fourth-order valence-electron chi connectivity index (χ4n) is 2.64. The molecule has 2 rings (SSSR count). The summed E-state index contributed by atoms with van der Waals surface area (Å²) < 4.78 is 0. The van der Waals surface area contributed by atoms with Gasteiger partial charge in [0.2, 0.25) is 0 Å². The van der Waals surface area contributed by atoms with Crippen LogP contribution >= 0.6 is 11.3 Å².